The highest BCUT2D eigenvalue weighted by Gasteiger charge is 2.41. The number of piperidine rings is 2. The van der Waals surface area contributed by atoms with Crippen molar-refractivity contribution in [2.45, 2.75) is 48.5 Å². The summed E-state index contributed by atoms with van der Waals surface area (Å²) in [7, 11) is -3.53. The first kappa shape index (κ1) is 28.1. The van der Waals surface area contributed by atoms with Crippen LogP contribution >= 0.6 is 23.2 Å². The maximum atomic E-state index is 13.0. The highest BCUT2D eigenvalue weighted by molar-refractivity contribution is 7.89. The Balaban J connectivity index is 1.28. The molecule has 0 unspecified atom stereocenters. The van der Waals surface area contributed by atoms with Crippen LogP contribution in [0, 0.1) is 0 Å². The van der Waals surface area contributed by atoms with Gasteiger partial charge in [-0.3, -0.25) is 9.69 Å². The number of hydrogen-bond acceptors (Lipinski definition) is 5. The van der Waals surface area contributed by atoms with Crippen LogP contribution in [-0.2, 0) is 20.2 Å². The molecule has 1 N–H and O–H groups in total. The number of benzene rings is 2. The molecule has 5 rings (SSSR count). The molecule has 3 aromatic rings. The first-order valence-corrected chi connectivity index (χ1v) is 15.5. The first-order valence-electron chi connectivity index (χ1n) is 13.2. The average molecular weight is 588 g/mol. The van der Waals surface area contributed by atoms with Gasteiger partial charge in [-0.1, -0.05) is 53.5 Å². The van der Waals surface area contributed by atoms with Crippen LogP contribution in [0.4, 0.5) is 5.82 Å². The predicted molar refractivity (Wildman–Crippen MR) is 155 cm³/mol. The Hall–Kier alpha value is -2.49. The molecule has 206 valence electrons. The van der Waals surface area contributed by atoms with Crippen molar-refractivity contribution in [3.63, 3.8) is 0 Å². The summed E-state index contributed by atoms with van der Waals surface area (Å²) in [6.45, 7) is 2.92. The zero-order chi connectivity index (χ0) is 27.5. The standard InChI is InChI=1S/C29H32Cl2N4O3S/c30-25-10-9-22(20-26(25)31)29(14-11-28(36)35(21-29)27-8-4-5-16-32-27)15-19-34-17-12-23(13-18-34)33-39(37,38)24-6-2-1-3-7-24/h1-10,16,20,23,33H,11-15,17-19,21H2/t29-/m0/s1. The van der Waals surface area contributed by atoms with Crippen molar-refractivity contribution in [1.82, 2.24) is 14.6 Å². The fraction of sp³-hybridized carbons (Fsp3) is 0.379. The fourth-order valence-corrected chi connectivity index (χ4v) is 7.24. The van der Waals surface area contributed by atoms with Crippen LogP contribution in [-0.4, -0.2) is 56.4 Å². The van der Waals surface area contributed by atoms with Crippen molar-refractivity contribution in [3.05, 3.63) is 88.5 Å². The number of hydrogen-bond donors (Lipinski definition) is 1. The smallest absolute Gasteiger partial charge is 0.240 e. The molecule has 3 heterocycles. The molecule has 1 atom stereocenters. The molecule has 1 amide bonds. The molecule has 10 heteroatoms. The molecule has 2 saturated heterocycles. The number of halogens is 2. The molecule has 2 aliphatic heterocycles. The van der Waals surface area contributed by atoms with Gasteiger partial charge in [-0.15, -0.1) is 0 Å². The summed E-state index contributed by atoms with van der Waals surface area (Å²) in [5.74, 6) is 0.717. The number of nitrogens with zero attached hydrogens (tertiary/aromatic N) is 3. The summed E-state index contributed by atoms with van der Waals surface area (Å²) < 4.78 is 28.4. The molecule has 0 aliphatic carbocycles. The molecule has 1 aromatic heterocycles. The molecule has 0 saturated carbocycles. The van der Waals surface area contributed by atoms with E-state index in [4.69, 9.17) is 23.2 Å². The number of anilines is 1. The summed E-state index contributed by atoms with van der Waals surface area (Å²) in [6.07, 6.45) is 5.13. The average Bonchev–Trinajstić information content (AvgIpc) is 2.96. The number of nitrogens with one attached hydrogen (secondary N) is 1. The Morgan fingerprint density at radius 1 is 0.974 bits per heavy atom. The molecule has 2 fully saturated rings. The minimum absolute atomic E-state index is 0.0656. The Morgan fingerprint density at radius 3 is 2.41 bits per heavy atom. The summed E-state index contributed by atoms with van der Waals surface area (Å²) in [5.41, 5.74) is 0.752. The van der Waals surface area contributed by atoms with Crippen LogP contribution in [0.1, 0.15) is 37.7 Å². The number of carbonyl (C=O) groups excluding carboxylic acids is 1. The normalized spacial score (nSPS) is 21.3. The van der Waals surface area contributed by atoms with E-state index in [1.807, 2.05) is 36.4 Å². The predicted octanol–water partition coefficient (Wildman–Crippen LogP) is 5.29. The zero-order valence-corrected chi connectivity index (χ0v) is 23.9. The van der Waals surface area contributed by atoms with Crippen molar-refractivity contribution in [2.75, 3.05) is 31.1 Å². The van der Waals surface area contributed by atoms with Crippen molar-refractivity contribution in [1.29, 1.82) is 0 Å². The number of aromatic nitrogens is 1. The number of amides is 1. The number of carbonyl (C=O) groups is 1. The van der Waals surface area contributed by atoms with E-state index in [1.54, 1.807) is 41.4 Å². The number of pyridine rings is 1. The van der Waals surface area contributed by atoms with Crippen LogP contribution in [0.2, 0.25) is 10.0 Å². The van der Waals surface area contributed by atoms with E-state index in [0.29, 0.717) is 40.1 Å². The van der Waals surface area contributed by atoms with E-state index in [-0.39, 0.29) is 17.4 Å². The minimum atomic E-state index is -3.53. The zero-order valence-electron chi connectivity index (χ0n) is 21.6. The SMILES string of the molecule is O=C1CC[C@@](CCN2CCC(NS(=O)(=O)c3ccccc3)CC2)(c2ccc(Cl)c(Cl)c2)CN1c1ccccn1. The lowest BCUT2D eigenvalue weighted by Gasteiger charge is -2.44. The largest absolute Gasteiger partial charge is 0.303 e. The van der Waals surface area contributed by atoms with E-state index in [0.717, 1.165) is 44.5 Å². The minimum Gasteiger partial charge on any atom is -0.303 e. The summed E-state index contributed by atoms with van der Waals surface area (Å²) in [4.78, 5) is 21.9. The van der Waals surface area contributed by atoms with E-state index < -0.39 is 10.0 Å². The maximum Gasteiger partial charge on any atom is 0.240 e. The molecule has 0 bridgehead atoms. The molecule has 39 heavy (non-hydrogen) atoms. The summed E-state index contributed by atoms with van der Waals surface area (Å²) >= 11 is 12.7. The van der Waals surface area contributed by atoms with Crippen LogP contribution in [0.3, 0.4) is 0 Å². The maximum absolute atomic E-state index is 13.0. The second-order valence-electron chi connectivity index (χ2n) is 10.4. The van der Waals surface area contributed by atoms with E-state index in [1.165, 1.54) is 0 Å². The van der Waals surface area contributed by atoms with Gasteiger partial charge >= 0.3 is 0 Å². The van der Waals surface area contributed by atoms with Gasteiger partial charge in [0.25, 0.3) is 0 Å². The van der Waals surface area contributed by atoms with Crippen molar-refractivity contribution >= 4 is 45.0 Å². The van der Waals surface area contributed by atoms with Gasteiger partial charge in [0.1, 0.15) is 5.82 Å². The lowest BCUT2D eigenvalue weighted by Crippen LogP contribution is -2.51. The van der Waals surface area contributed by atoms with Gasteiger partial charge in [0.05, 0.1) is 14.9 Å². The van der Waals surface area contributed by atoms with Crippen molar-refractivity contribution < 1.29 is 13.2 Å². The van der Waals surface area contributed by atoms with Crippen molar-refractivity contribution in [2.24, 2.45) is 0 Å². The Bertz CT molecular complexity index is 1400. The van der Waals surface area contributed by atoms with Crippen LogP contribution in [0.5, 0.6) is 0 Å². The third kappa shape index (κ3) is 6.47. The van der Waals surface area contributed by atoms with Gasteiger partial charge in [-0.05, 0) is 87.3 Å². The second kappa shape index (κ2) is 11.9. The highest BCUT2D eigenvalue weighted by atomic mass is 35.5. The second-order valence-corrected chi connectivity index (χ2v) is 12.9. The summed E-state index contributed by atoms with van der Waals surface area (Å²) in [6, 6.07) is 19.8. The van der Waals surface area contributed by atoms with Crippen LogP contribution in [0.25, 0.3) is 0 Å². The Kier molecular flexibility index (Phi) is 8.59. The third-order valence-corrected chi connectivity index (χ3v) is 10.2. The van der Waals surface area contributed by atoms with Crippen molar-refractivity contribution in [3.8, 4) is 0 Å². The molecule has 2 aromatic carbocycles. The number of likely N-dealkylation sites (tertiary alicyclic amines) is 1. The number of sulfonamides is 1. The molecular weight excluding hydrogens is 555 g/mol. The van der Waals surface area contributed by atoms with E-state index in [2.05, 4.69) is 14.6 Å². The molecular formula is C29H32Cl2N4O3S. The topological polar surface area (TPSA) is 82.6 Å². The quantitative estimate of drug-likeness (QED) is 0.388. The molecule has 7 nitrogen and oxygen atoms in total. The van der Waals surface area contributed by atoms with Gasteiger partial charge in [-0.25, -0.2) is 18.1 Å². The lowest BCUT2D eigenvalue weighted by molar-refractivity contribution is -0.120. The fourth-order valence-electron chi connectivity index (χ4n) is 5.62. The lowest BCUT2D eigenvalue weighted by atomic mass is 9.71. The van der Waals surface area contributed by atoms with E-state index >= 15 is 0 Å². The summed E-state index contributed by atoms with van der Waals surface area (Å²) in [5, 5.41) is 1.01. The Labute approximate surface area is 240 Å². The first-order chi connectivity index (χ1) is 18.8. The van der Waals surface area contributed by atoms with Crippen LogP contribution < -0.4 is 9.62 Å². The monoisotopic (exact) mass is 586 g/mol. The highest BCUT2D eigenvalue weighted by Crippen LogP contribution is 2.41. The van der Waals surface area contributed by atoms with Crippen LogP contribution in [0.15, 0.2) is 77.8 Å². The van der Waals surface area contributed by atoms with Gasteiger partial charge in [0.15, 0.2) is 0 Å². The Morgan fingerprint density at radius 2 is 1.72 bits per heavy atom. The molecule has 0 spiro atoms. The van der Waals surface area contributed by atoms with Gasteiger partial charge in [0.2, 0.25) is 15.9 Å². The molecule has 2 aliphatic rings. The molecule has 0 radical (unpaired) electrons. The van der Waals surface area contributed by atoms with E-state index in [9.17, 15) is 13.2 Å². The van der Waals surface area contributed by atoms with Gasteiger partial charge < -0.3 is 4.90 Å². The third-order valence-electron chi connectivity index (χ3n) is 7.91. The van der Waals surface area contributed by atoms with Gasteiger partial charge in [0, 0.05) is 30.6 Å². The number of rotatable bonds is 8. The van der Waals surface area contributed by atoms with Gasteiger partial charge in [-0.2, -0.15) is 0 Å².